The third kappa shape index (κ3) is 4.82. The number of aryl methyl sites for hydroxylation is 1. The van der Waals surface area contributed by atoms with Gasteiger partial charge in [-0.1, -0.05) is 29.8 Å². The Morgan fingerprint density at radius 1 is 0.964 bits per heavy atom. The minimum Gasteiger partial charge on any atom is -0.507 e. The summed E-state index contributed by atoms with van der Waals surface area (Å²) in [6.45, 7) is 1.94. The van der Waals surface area contributed by atoms with Gasteiger partial charge in [0.25, 0.3) is 5.91 Å². The lowest BCUT2D eigenvalue weighted by atomic mass is 10.1. The second-order valence-electron chi connectivity index (χ2n) is 6.04. The van der Waals surface area contributed by atoms with Gasteiger partial charge >= 0.3 is 5.97 Å². The van der Waals surface area contributed by atoms with Crippen molar-refractivity contribution in [3.63, 3.8) is 0 Å². The first-order chi connectivity index (χ1) is 13.5. The van der Waals surface area contributed by atoms with Crippen LogP contribution < -0.4 is 10.2 Å². The predicted molar refractivity (Wildman–Crippen MR) is 106 cm³/mol. The lowest BCUT2D eigenvalue weighted by Crippen LogP contribution is -2.17. The number of nitrogens with zero attached hydrogens (tertiary/aromatic N) is 1. The number of hydrogen-bond donors (Lipinski definition) is 2. The summed E-state index contributed by atoms with van der Waals surface area (Å²) in [4.78, 5) is 24.0. The molecule has 3 aromatic rings. The Kier molecular flexibility index (Phi) is 5.81. The summed E-state index contributed by atoms with van der Waals surface area (Å²) in [5, 5.41) is 13.5. The SMILES string of the molecule is Cc1ccc(C(=O)Oc2ccc(C=NNC(=O)c3ccccc3O)cc2)cc1. The molecule has 6 nitrogen and oxygen atoms in total. The number of esters is 1. The molecule has 0 saturated heterocycles. The van der Waals surface area contributed by atoms with Crippen molar-refractivity contribution in [1.82, 2.24) is 5.43 Å². The van der Waals surface area contributed by atoms with Crippen LogP contribution in [0.5, 0.6) is 11.5 Å². The van der Waals surface area contributed by atoms with Crippen LogP contribution in [-0.4, -0.2) is 23.2 Å². The van der Waals surface area contributed by atoms with Crippen molar-refractivity contribution >= 4 is 18.1 Å². The van der Waals surface area contributed by atoms with Crippen molar-refractivity contribution < 1.29 is 19.4 Å². The second kappa shape index (κ2) is 8.64. The molecule has 0 bridgehead atoms. The zero-order valence-electron chi connectivity index (χ0n) is 15.1. The van der Waals surface area contributed by atoms with E-state index in [1.165, 1.54) is 18.3 Å². The summed E-state index contributed by atoms with van der Waals surface area (Å²) in [5.74, 6) is -0.662. The summed E-state index contributed by atoms with van der Waals surface area (Å²) in [7, 11) is 0. The molecule has 0 unspecified atom stereocenters. The van der Waals surface area contributed by atoms with Gasteiger partial charge in [0.05, 0.1) is 17.3 Å². The van der Waals surface area contributed by atoms with Crippen LogP contribution in [0.1, 0.15) is 31.8 Å². The van der Waals surface area contributed by atoms with Gasteiger partial charge in [0.1, 0.15) is 11.5 Å². The number of carbonyl (C=O) groups is 2. The normalized spacial score (nSPS) is 10.6. The first-order valence-corrected chi connectivity index (χ1v) is 8.53. The highest BCUT2D eigenvalue weighted by Gasteiger charge is 2.09. The number of nitrogens with one attached hydrogen (secondary N) is 1. The van der Waals surface area contributed by atoms with E-state index in [0.717, 1.165) is 5.56 Å². The Morgan fingerprint density at radius 2 is 1.64 bits per heavy atom. The second-order valence-corrected chi connectivity index (χ2v) is 6.04. The topological polar surface area (TPSA) is 88.0 Å². The number of rotatable bonds is 5. The molecule has 6 heteroatoms. The van der Waals surface area contributed by atoms with Crippen molar-refractivity contribution in [2.45, 2.75) is 6.92 Å². The summed E-state index contributed by atoms with van der Waals surface area (Å²) in [6, 6.07) is 20.0. The molecule has 0 aliphatic carbocycles. The van der Waals surface area contributed by atoms with Gasteiger partial charge in [-0.05, 0) is 61.0 Å². The maximum atomic E-state index is 12.1. The van der Waals surface area contributed by atoms with Gasteiger partial charge < -0.3 is 9.84 Å². The van der Waals surface area contributed by atoms with Crippen molar-refractivity contribution in [3.05, 3.63) is 95.1 Å². The Labute approximate surface area is 162 Å². The summed E-state index contributed by atoms with van der Waals surface area (Å²) in [5.41, 5.74) is 4.72. The molecule has 3 aromatic carbocycles. The van der Waals surface area contributed by atoms with E-state index in [4.69, 9.17) is 4.74 Å². The Hall–Kier alpha value is -3.93. The van der Waals surface area contributed by atoms with Crippen LogP contribution in [0.15, 0.2) is 77.9 Å². The molecule has 0 aromatic heterocycles. The molecule has 0 saturated carbocycles. The number of aromatic hydroxyl groups is 1. The minimum atomic E-state index is -0.516. The van der Waals surface area contributed by atoms with Crippen LogP contribution in [0.3, 0.4) is 0 Å². The average Bonchev–Trinajstić information content (AvgIpc) is 2.70. The van der Waals surface area contributed by atoms with Gasteiger partial charge in [0.15, 0.2) is 0 Å². The lowest BCUT2D eigenvalue weighted by molar-refractivity contribution is 0.0734. The van der Waals surface area contributed by atoms with E-state index in [2.05, 4.69) is 10.5 Å². The van der Waals surface area contributed by atoms with E-state index in [-0.39, 0.29) is 11.3 Å². The Bertz CT molecular complexity index is 1010. The summed E-state index contributed by atoms with van der Waals surface area (Å²) in [6.07, 6.45) is 1.45. The fraction of sp³-hybridized carbons (Fsp3) is 0.0455. The highest BCUT2D eigenvalue weighted by molar-refractivity contribution is 5.97. The number of hydrogen-bond acceptors (Lipinski definition) is 5. The minimum absolute atomic E-state index is 0.116. The number of ether oxygens (including phenoxy) is 1. The fourth-order valence-corrected chi connectivity index (χ4v) is 2.37. The first-order valence-electron chi connectivity index (χ1n) is 8.53. The molecule has 0 heterocycles. The maximum Gasteiger partial charge on any atom is 0.343 e. The molecule has 0 radical (unpaired) electrons. The van der Waals surface area contributed by atoms with Gasteiger partial charge in [-0.2, -0.15) is 5.10 Å². The fourth-order valence-electron chi connectivity index (χ4n) is 2.37. The number of amides is 1. The zero-order chi connectivity index (χ0) is 19.9. The first kappa shape index (κ1) is 18.8. The zero-order valence-corrected chi connectivity index (χ0v) is 15.1. The van der Waals surface area contributed by atoms with Crippen molar-refractivity contribution in [2.75, 3.05) is 0 Å². The molecule has 0 aliphatic heterocycles. The van der Waals surface area contributed by atoms with Crippen LogP contribution in [0.2, 0.25) is 0 Å². The van der Waals surface area contributed by atoms with Crippen molar-refractivity contribution in [3.8, 4) is 11.5 Å². The molecule has 28 heavy (non-hydrogen) atoms. The van der Waals surface area contributed by atoms with Gasteiger partial charge in [-0.25, -0.2) is 10.2 Å². The number of para-hydroxylation sites is 1. The standard InChI is InChI=1S/C22H18N2O4/c1-15-6-10-17(11-7-15)22(27)28-18-12-8-16(9-13-18)14-23-24-21(26)19-4-2-3-5-20(19)25/h2-14,25H,1H3,(H,24,26). The maximum absolute atomic E-state index is 12.1. The van der Waals surface area contributed by atoms with E-state index in [9.17, 15) is 14.7 Å². The molecular formula is C22H18N2O4. The molecule has 0 aliphatic rings. The van der Waals surface area contributed by atoms with Gasteiger partial charge in [0, 0.05) is 0 Å². The lowest BCUT2D eigenvalue weighted by Gasteiger charge is -2.05. The molecular weight excluding hydrogens is 356 g/mol. The Morgan fingerprint density at radius 3 is 2.32 bits per heavy atom. The van der Waals surface area contributed by atoms with Crippen LogP contribution in [0.4, 0.5) is 0 Å². The third-order valence-corrected chi connectivity index (χ3v) is 3.91. The van der Waals surface area contributed by atoms with Crippen molar-refractivity contribution in [2.24, 2.45) is 5.10 Å². The highest BCUT2D eigenvalue weighted by atomic mass is 16.5. The van der Waals surface area contributed by atoms with Crippen LogP contribution in [0.25, 0.3) is 0 Å². The van der Waals surface area contributed by atoms with Gasteiger partial charge in [-0.15, -0.1) is 0 Å². The van der Waals surface area contributed by atoms with E-state index in [0.29, 0.717) is 16.9 Å². The van der Waals surface area contributed by atoms with Crippen LogP contribution in [-0.2, 0) is 0 Å². The highest BCUT2D eigenvalue weighted by Crippen LogP contribution is 2.16. The largest absolute Gasteiger partial charge is 0.507 e. The number of phenolic OH excluding ortho intramolecular Hbond substituents is 1. The molecule has 0 fully saturated rings. The molecule has 140 valence electrons. The van der Waals surface area contributed by atoms with Crippen LogP contribution in [0, 0.1) is 6.92 Å². The van der Waals surface area contributed by atoms with Crippen molar-refractivity contribution in [1.29, 1.82) is 0 Å². The predicted octanol–water partition coefficient (Wildman–Crippen LogP) is 3.68. The number of hydrazone groups is 1. The quantitative estimate of drug-likeness (QED) is 0.309. The number of carbonyl (C=O) groups excluding carboxylic acids is 2. The summed E-state index contributed by atoms with van der Waals surface area (Å²) < 4.78 is 5.33. The van der Waals surface area contributed by atoms with Gasteiger partial charge in [0.2, 0.25) is 0 Å². The van der Waals surface area contributed by atoms with E-state index < -0.39 is 11.9 Å². The number of phenols is 1. The van der Waals surface area contributed by atoms with Gasteiger partial charge in [-0.3, -0.25) is 4.79 Å². The molecule has 3 rings (SSSR count). The monoisotopic (exact) mass is 374 g/mol. The molecule has 0 spiro atoms. The van der Waals surface area contributed by atoms with E-state index in [1.807, 2.05) is 19.1 Å². The smallest absolute Gasteiger partial charge is 0.343 e. The summed E-state index contributed by atoms with van der Waals surface area (Å²) >= 11 is 0. The van der Waals surface area contributed by atoms with E-state index >= 15 is 0 Å². The molecule has 1 amide bonds. The van der Waals surface area contributed by atoms with E-state index in [1.54, 1.807) is 48.5 Å². The Balaban J connectivity index is 1.57. The van der Waals surface area contributed by atoms with Crippen LogP contribution >= 0.6 is 0 Å². The molecule has 0 atom stereocenters. The average molecular weight is 374 g/mol. The number of benzene rings is 3. The third-order valence-electron chi connectivity index (χ3n) is 3.91. The molecule has 2 N–H and O–H groups in total.